The van der Waals surface area contributed by atoms with Crippen LogP contribution in [0.25, 0.3) is 0 Å². The monoisotopic (exact) mass is 296 g/mol. The lowest BCUT2D eigenvalue weighted by Crippen LogP contribution is -2.29. The van der Waals surface area contributed by atoms with Crippen molar-refractivity contribution in [1.82, 2.24) is 15.3 Å². The molecule has 2 aromatic rings. The van der Waals surface area contributed by atoms with Gasteiger partial charge in [-0.15, -0.1) is 0 Å². The summed E-state index contributed by atoms with van der Waals surface area (Å²) in [4.78, 5) is 22.7. The van der Waals surface area contributed by atoms with E-state index in [0.717, 1.165) is 24.3 Å². The average Bonchev–Trinajstić information content (AvgIpc) is 2.61. The zero-order chi connectivity index (χ0) is 15.2. The van der Waals surface area contributed by atoms with E-state index in [1.54, 1.807) is 24.7 Å². The van der Waals surface area contributed by atoms with Gasteiger partial charge in [0.05, 0.1) is 11.9 Å². The Kier molecular flexibility index (Phi) is 4.63. The number of pyridine rings is 2. The fourth-order valence-electron chi connectivity index (χ4n) is 2.63. The third kappa shape index (κ3) is 3.61. The Bertz CT molecular complexity index is 606. The maximum absolute atomic E-state index is 12.1. The van der Waals surface area contributed by atoms with Crippen molar-refractivity contribution in [3.63, 3.8) is 0 Å². The van der Waals surface area contributed by atoms with Crippen molar-refractivity contribution in [3.8, 4) is 0 Å². The van der Waals surface area contributed by atoms with Crippen molar-refractivity contribution in [1.29, 1.82) is 0 Å². The summed E-state index contributed by atoms with van der Waals surface area (Å²) in [6, 6.07) is 7.55. The van der Waals surface area contributed by atoms with Gasteiger partial charge in [-0.1, -0.05) is 0 Å². The topological polar surface area (TPSA) is 58.1 Å². The van der Waals surface area contributed by atoms with E-state index in [-0.39, 0.29) is 5.91 Å². The standard InChI is InChI=1S/C17H20N4O/c22-17(20-12-14-6-8-18-9-7-14)16-5-4-15(13-19-16)21-10-2-1-3-11-21/h4-9,13H,1-3,10-12H2,(H,20,22). The lowest BCUT2D eigenvalue weighted by Gasteiger charge is -2.28. The Balaban J connectivity index is 1.58. The number of nitrogens with zero attached hydrogens (tertiary/aromatic N) is 3. The first-order valence-electron chi connectivity index (χ1n) is 7.71. The first-order chi connectivity index (χ1) is 10.8. The van der Waals surface area contributed by atoms with Crippen LogP contribution in [0, 0.1) is 0 Å². The highest BCUT2D eigenvalue weighted by Gasteiger charge is 2.12. The van der Waals surface area contributed by atoms with Crippen LogP contribution in [-0.2, 0) is 6.54 Å². The normalized spacial score (nSPS) is 14.6. The molecular weight excluding hydrogens is 276 g/mol. The molecule has 114 valence electrons. The van der Waals surface area contributed by atoms with E-state index in [4.69, 9.17) is 0 Å². The van der Waals surface area contributed by atoms with Gasteiger partial charge in [-0.05, 0) is 49.1 Å². The van der Waals surface area contributed by atoms with Crippen molar-refractivity contribution in [2.75, 3.05) is 18.0 Å². The molecule has 0 radical (unpaired) electrons. The molecule has 5 nitrogen and oxygen atoms in total. The van der Waals surface area contributed by atoms with E-state index < -0.39 is 0 Å². The molecule has 0 atom stereocenters. The molecule has 0 spiro atoms. The molecule has 0 aromatic carbocycles. The van der Waals surface area contributed by atoms with Gasteiger partial charge in [0.15, 0.2) is 0 Å². The minimum Gasteiger partial charge on any atom is -0.370 e. The molecule has 1 amide bonds. The number of carbonyl (C=O) groups excluding carboxylic acids is 1. The molecule has 3 heterocycles. The number of aromatic nitrogens is 2. The molecular formula is C17H20N4O. The predicted octanol–water partition coefficient (Wildman–Crippen LogP) is 2.40. The van der Waals surface area contributed by atoms with Crippen molar-refractivity contribution < 1.29 is 4.79 Å². The molecule has 1 fully saturated rings. The Hall–Kier alpha value is -2.43. The predicted molar refractivity (Wildman–Crippen MR) is 85.7 cm³/mol. The highest BCUT2D eigenvalue weighted by molar-refractivity contribution is 5.92. The van der Waals surface area contributed by atoms with Crippen LogP contribution in [0.2, 0.25) is 0 Å². The van der Waals surface area contributed by atoms with Gasteiger partial charge in [-0.25, -0.2) is 4.98 Å². The summed E-state index contributed by atoms with van der Waals surface area (Å²) in [6.07, 6.45) is 8.99. The van der Waals surface area contributed by atoms with Gasteiger partial charge in [-0.3, -0.25) is 9.78 Å². The van der Waals surface area contributed by atoms with Crippen LogP contribution < -0.4 is 10.2 Å². The Labute approximate surface area is 130 Å². The summed E-state index contributed by atoms with van der Waals surface area (Å²) < 4.78 is 0. The van der Waals surface area contributed by atoms with Crippen molar-refractivity contribution >= 4 is 11.6 Å². The molecule has 0 unspecified atom stereocenters. The molecule has 22 heavy (non-hydrogen) atoms. The van der Waals surface area contributed by atoms with Gasteiger partial charge in [0.2, 0.25) is 0 Å². The number of amides is 1. The van der Waals surface area contributed by atoms with E-state index in [1.165, 1.54) is 19.3 Å². The Morgan fingerprint density at radius 3 is 2.55 bits per heavy atom. The number of rotatable bonds is 4. The van der Waals surface area contributed by atoms with Crippen LogP contribution in [-0.4, -0.2) is 29.0 Å². The number of piperidine rings is 1. The molecule has 5 heteroatoms. The van der Waals surface area contributed by atoms with Gasteiger partial charge in [0.1, 0.15) is 5.69 Å². The molecule has 3 rings (SSSR count). The number of hydrogen-bond acceptors (Lipinski definition) is 4. The van der Waals surface area contributed by atoms with Crippen LogP contribution in [0.4, 0.5) is 5.69 Å². The first kappa shape index (κ1) is 14.5. The van der Waals surface area contributed by atoms with Gasteiger partial charge in [0.25, 0.3) is 5.91 Å². The largest absolute Gasteiger partial charge is 0.370 e. The van der Waals surface area contributed by atoms with Gasteiger partial charge in [0, 0.05) is 32.0 Å². The van der Waals surface area contributed by atoms with Crippen LogP contribution in [0.5, 0.6) is 0 Å². The minimum atomic E-state index is -0.151. The smallest absolute Gasteiger partial charge is 0.270 e. The number of anilines is 1. The maximum Gasteiger partial charge on any atom is 0.270 e. The second-order valence-electron chi connectivity index (χ2n) is 5.49. The van der Waals surface area contributed by atoms with Crippen LogP contribution in [0.1, 0.15) is 35.3 Å². The fourth-order valence-corrected chi connectivity index (χ4v) is 2.63. The second-order valence-corrected chi connectivity index (χ2v) is 5.49. The molecule has 1 aliphatic rings. The third-order valence-electron chi connectivity index (χ3n) is 3.90. The molecule has 0 saturated carbocycles. The minimum absolute atomic E-state index is 0.151. The molecule has 0 bridgehead atoms. The summed E-state index contributed by atoms with van der Waals surface area (Å²) in [7, 11) is 0. The van der Waals surface area contributed by atoms with Gasteiger partial charge in [-0.2, -0.15) is 0 Å². The highest BCUT2D eigenvalue weighted by Crippen LogP contribution is 2.18. The quantitative estimate of drug-likeness (QED) is 0.941. The summed E-state index contributed by atoms with van der Waals surface area (Å²) >= 11 is 0. The molecule has 2 aromatic heterocycles. The molecule has 0 aliphatic carbocycles. The Morgan fingerprint density at radius 2 is 1.86 bits per heavy atom. The van der Waals surface area contributed by atoms with E-state index in [0.29, 0.717) is 12.2 Å². The zero-order valence-corrected chi connectivity index (χ0v) is 12.5. The number of nitrogens with one attached hydrogen (secondary N) is 1. The number of carbonyl (C=O) groups is 1. The summed E-state index contributed by atoms with van der Waals surface area (Å²) in [5, 5.41) is 2.87. The summed E-state index contributed by atoms with van der Waals surface area (Å²) in [6.45, 7) is 2.64. The number of hydrogen-bond donors (Lipinski definition) is 1. The SMILES string of the molecule is O=C(NCc1ccncc1)c1ccc(N2CCCCC2)cn1. The molecule has 1 aliphatic heterocycles. The zero-order valence-electron chi connectivity index (χ0n) is 12.5. The molecule has 1 saturated heterocycles. The summed E-state index contributed by atoms with van der Waals surface area (Å²) in [5.74, 6) is -0.151. The van der Waals surface area contributed by atoms with Crippen LogP contribution in [0.3, 0.4) is 0 Å². The highest BCUT2D eigenvalue weighted by atomic mass is 16.1. The van der Waals surface area contributed by atoms with Gasteiger partial charge >= 0.3 is 0 Å². The maximum atomic E-state index is 12.1. The van der Waals surface area contributed by atoms with Gasteiger partial charge < -0.3 is 10.2 Å². The lowest BCUT2D eigenvalue weighted by atomic mass is 10.1. The van der Waals surface area contributed by atoms with E-state index >= 15 is 0 Å². The van der Waals surface area contributed by atoms with E-state index in [2.05, 4.69) is 20.2 Å². The van der Waals surface area contributed by atoms with E-state index in [9.17, 15) is 4.79 Å². The van der Waals surface area contributed by atoms with E-state index in [1.807, 2.05) is 18.2 Å². The van der Waals surface area contributed by atoms with Crippen LogP contribution >= 0.6 is 0 Å². The summed E-state index contributed by atoms with van der Waals surface area (Å²) in [5.41, 5.74) is 2.58. The Morgan fingerprint density at radius 1 is 1.09 bits per heavy atom. The molecule has 1 N–H and O–H groups in total. The van der Waals surface area contributed by atoms with Crippen molar-refractivity contribution in [3.05, 3.63) is 54.1 Å². The average molecular weight is 296 g/mol. The fraction of sp³-hybridized carbons (Fsp3) is 0.353. The second kappa shape index (κ2) is 7.02. The lowest BCUT2D eigenvalue weighted by molar-refractivity contribution is 0.0946. The first-order valence-corrected chi connectivity index (χ1v) is 7.71. The van der Waals surface area contributed by atoms with Crippen molar-refractivity contribution in [2.45, 2.75) is 25.8 Å². The third-order valence-corrected chi connectivity index (χ3v) is 3.90. The van der Waals surface area contributed by atoms with Crippen molar-refractivity contribution in [2.24, 2.45) is 0 Å². The van der Waals surface area contributed by atoms with Crippen LogP contribution in [0.15, 0.2) is 42.9 Å².